The molecule has 4 aromatic rings. The van der Waals surface area contributed by atoms with Crippen molar-refractivity contribution >= 4 is 23.2 Å². The molecular formula is C27H26N2O2. The number of allylic oxidation sites excluding steroid dienone is 1. The van der Waals surface area contributed by atoms with Gasteiger partial charge in [-0.05, 0) is 47.9 Å². The molecule has 0 aliphatic rings. The van der Waals surface area contributed by atoms with Gasteiger partial charge in [-0.3, -0.25) is 0 Å². The van der Waals surface area contributed by atoms with Crippen molar-refractivity contribution in [2.75, 3.05) is 13.7 Å². The van der Waals surface area contributed by atoms with E-state index in [0.717, 1.165) is 45.9 Å². The van der Waals surface area contributed by atoms with Gasteiger partial charge in [-0.15, -0.1) is 6.58 Å². The molecule has 4 nitrogen and oxygen atoms in total. The maximum Gasteiger partial charge on any atom is 0.161 e. The summed E-state index contributed by atoms with van der Waals surface area (Å²) in [7, 11) is 1.66. The standard InChI is InChI=1S/C27H26N2O2/c1-3-9-22-14-16-25(26(20-22)30-2)31-19-18-29-24-13-8-7-12-23(24)28-27(29)17-15-21-10-5-4-6-11-21/h3-8,10-17,20H,1,9,18-19H2,2H3/b17-15+. The van der Waals surface area contributed by atoms with Crippen molar-refractivity contribution in [1.82, 2.24) is 9.55 Å². The summed E-state index contributed by atoms with van der Waals surface area (Å²) in [5, 5.41) is 0. The van der Waals surface area contributed by atoms with Crippen LogP contribution in [0.1, 0.15) is 17.0 Å². The highest BCUT2D eigenvalue weighted by atomic mass is 16.5. The second-order valence-electron chi connectivity index (χ2n) is 7.18. The van der Waals surface area contributed by atoms with Gasteiger partial charge in [0.25, 0.3) is 0 Å². The van der Waals surface area contributed by atoms with E-state index in [-0.39, 0.29) is 0 Å². The van der Waals surface area contributed by atoms with E-state index in [1.165, 1.54) is 0 Å². The quantitative estimate of drug-likeness (QED) is 0.316. The van der Waals surface area contributed by atoms with Crippen molar-refractivity contribution in [2.24, 2.45) is 0 Å². The Balaban J connectivity index is 1.54. The summed E-state index contributed by atoms with van der Waals surface area (Å²) in [5.41, 5.74) is 4.35. The number of imidazole rings is 1. The molecule has 0 spiro atoms. The van der Waals surface area contributed by atoms with E-state index in [2.05, 4.69) is 41.5 Å². The number of ether oxygens (including phenoxy) is 2. The van der Waals surface area contributed by atoms with E-state index in [1.54, 1.807) is 7.11 Å². The Bertz CT molecular complexity index is 1190. The number of fused-ring (bicyclic) bond motifs is 1. The topological polar surface area (TPSA) is 36.3 Å². The van der Waals surface area contributed by atoms with Gasteiger partial charge in [0, 0.05) is 0 Å². The van der Waals surface area contributed by atoms with Gasteiger partial charge < -0.3 is 14.0 Å². The fraction of sp³-hybridized carbons (Fsp3) is 0.148. The fourth-order valence-electron chi connectivity index (χ4n) is 3.56. The number of para-hydroxylation sites is 2. The minimum Gasteiger partial charge on any atom is -0.493 e. The molecule has 4 heteroatoms. The zero-order valence-corrected chi connectivity index (χ0v) is 17.7. The Morgan fingerprint density at radius 2 is 1.74 bits per heavy atom. The molecule has 1 heterocycles. The summed E-state index contributed by atoms with van der Waals surface area (Å²) in [5.74, 6) is 2.38. The van der Waals surface area contributed by atoms with Gasteiger partial charge in [0.15, 0.2) is 11.5 Å². The van der Waals surface area contributed by atoms with Gasteiger partial charge in [0.05, 0.1) is 24.7 Å². The van der Waals surface area contributed by atoms with Crippen molar-refractivity contribution in [3.63, 3.8) is 0 Å². The first-order chi connectivity index (χ1) is 15.3. The zero-order chi connectivity index (χ0) is 21.5. The number of aromatic nitrogens is 2. The van der Waals surface area contributed by atoms with E-state index in [0.29, 0.717) is 13.2 Å². The molecule has 0 N–H and O–H groups in total. The van der Waals surface area contributed by atoms with E-state index < -0.39 is 0 Å². The number of hydrogen-bond acceptors (Lipinski definition) is 3. The Labute approximate surface area is 183 Å². The van der Waals surface area contributed by atoms with Crippen molar-refractivity contribution in [3.8, 4) is 11.5 Å². The second-order valence-corrected chi connectivity index (χ2v) is 7.18. The van der Waals surface area contributed by atoms with Crippen LogP contribution in [0.4, 0.5) is 0 Å². The van der Waals surface area contributed by atoms with Crippen LogP contribution < -0.4 is 9.47 Å². The van der Waals surface area contributed by atoms with Crippen LogP contribution in [0.3, 0.4) is 0 Å². The van der Waals surface area contributed by atoms with Gasteiger partial charge in [-0.25, -0.2) is 4.98 Å². The molecule has 0 atom stereocenters. The fourth-order valence-corrected chi connectivity index (χ4v) is 3.56. The molecule has 156 valence electrons. The third-order valence-electron chi connectivity index (χ3n) is 5.09. The molecule has 0 aliphatic heterocycles. The monoisotopic (exact) mass is 410 g/mol. The summed E-state index contributed by atoms with van der Waals surface area (Å²) in [6, 6.07) is 24.4. The molecular weight excluding hydrogens is 384 g/mol. The van der Waals surface area contributed by atoms with Crippen LogP contribution in [0.2, 0.25) is 0 Å². The van der Waals surface area contributed by atoms with E-state index in [4.69, 9.17) is 14.5 Å². The van der Waals surface area contributed by atoms with Crippen LogP contribution in [-0.4, -0.2) is 23.3 Å². The highest BCUT2D eigenvalue weighted by Gasteiger charge is 2.10. The first-order valence-electron chi connectivity index (χ1n) is 10.4. The summed E-state index contributed by atoms with van der Waals surface area (Å²) in [6.07, 6.45) is 6.82. The predicted octanol–water partition coefficient (Wildman–Crippen LogP) is 6.02. The molecule has 0 amide bonds. The first kappa shape index (κ1) is 20.5. The van der Waals surface area contributed by atoms with Crippen molar-refractivity contribution in [3.05, 3.63) is 102 Å². The average Bonchev–Trinajstić information content (AvgIpc) is 3.17. The van der Waals surface area contributed by atoms with Gasteiger partial charge >= 0.3 is 0 Å². The van der Waals surface area contributed by atoms with Crippen molar-refractivity contribution in [1.29, 1.82) is 0 Å². The molecule has 0 unspecified atom stereocenters. The molecule has 0 radical (unpaired) electrons. The number of rotatable bonds is 9. The van der Waals surface area contributed by atoms with E-state index >= 15 is 0 Å². The van der Waals surface area contributed by atoms with Crippen LogP contribution in [-0.2, 0) is 13.0 Å². The molecule has 3 aromatic carbocycles. The van der Waals surface area contributed by atoms with E-state index in [1.807, 2.05) is 60.7 Å². The maximum absolute atomic E-state index is 6.08. The zero-order valence-electron chi connectivity index (χ0n) is 17.7. The molecule has 31 heavy (non-hydrogen) atoms. The molecule has 0 saturated carbocycles. The number of methoxy groups -OCH3 is 1. The lowest BCUT2D eigenvalue weighted by molar-refractivity contribution is 0.280. The second kappa shape index (κ2) is 9.81. The first-order valence-corrected chi connectivity index (χ1v) is 10.4. The third kappa shape index (κ3) is 4.86. The van der Waals surface area contributed by atoms with Gasteiger partial charge in [-0.2, -0.15) is 0 Å². The van der Waals surface area contributed by atoms with Crippen LogP contribution in [0.5, 0.6) is 11.5 Å². The molecule has 4 rings (SSSR count). The molecule has 1 aromatic heterocycles. The molecule has 0 bridgehead atoms. The summed E-state index contributed by atoms with van der Waals surface area (Å²) >= 11 is 0. The van der Waals surface area contributed by atoms with Crippen molar-refractivity contribution in [2.45, 2.75) is 13.0 Å². The average molecular weight is 411 g/mol. The van der Waals surface area contributed by atoms with Crippen LogP contribution in [0.15, 0.2) is 85.5 Å². The van der Waals surface area contributed by atoms with Gasteiger partial charge in [0.1, 0.15) is 12.4 Å². The third-order valence-corrected chi connectivity index (χ3v) is 5.09. The SMILES string of the molecule is C=CCc1ccc(OCCn2c(/C=C/c3ccccc3)nc3ccccc32)c(OC)c1. The number of benzene rings is 3. The smallest absolute Gasteiger partial charge is 0.161 e. The lowest BCUT2D eigenvalue weighted by Gasteiger charge is -2.13. The lowest BCUT2D eigenvalue weighted by Crippen LogP contribution is -2.10. The van der Waals surface area contributed by atoms with Crippen molar-refractivity contribution < 1.29 is 9.47 Å². The summed E-state index contributed by atoms with van der Waals surface area (Å²) < 4.78 is 13.8. The summed E-state index contributed by atoms with van der Waals surface area (Å²) in [6.45, 7) is 4.97. The largest absolute Gasteiger partial charge is 0.493 e. The van der Waals surface area contributed by atoms with Crippen LogP contribution in [0, 0.1) is 0 Å². The Kier molecular flexibility index (Phi) is 6.48. The Hall–Kier alpha value is -3.79. The molecule has 0 saturated heterocycles. The van der Waals surface area contributed by atoms with Gasteiger partial charge in [-0.1, -0.05) is 60.7 Å². The lowest BCUT2D eigenvalue weighted by atomic mass is 10.1. The number of hydrogen-bond donors (Lipinski definition) is 0. The van der Waals surface area contributed by atoms with Crippen LogP contribution >= 0.6 is 0 Å². The Morgan fingerprint density at radius 1 is 0.935 bits per heavy atom. The highest BCUT2D eigenvalue weighted by Crippen LogP contribution is 2.28. The molecule has 0 fully saturated rings. The predicted molar refractivity (Wildman–Crippen MR) is 127 cm³/mol. The summed E-state index contributed by atoms with van der Waals surface area (Å²) in [4.78, 5) is 4.81. The Morgan fingerprint density at radius 3 is 2.55 bits per heavy atom. The minimum absolute atomic E-state index is 0.504. The highest BCUT2D eigenvalue weighted by molar-refractivity contribution is 5.79. The normalized spacial score (nSPS) is 11.1. The number of nitrogens with zero attached hydrogens (tertiary/aromatic N) is 2. The van der Waals surface area contributed by atoms with E-state index in [9.17, 15) is 0 Å². The minimum atomic E-state index is 0.504. The van der Waals surface area contributed by atoms with Gasteiger partial charge in [0.2, 0.25) is 0 Å². The van der Waals surface area contributed by atoms with Crippen LogP contribution in [0.25, 0.3) is 23.2 Å². The molecule has 0 aliphatic carbocycles. The maximum atomic E-state index is 6.08.